The Morgan fingerprint density at radius 3 is 2.76 bits per heavy atom. The van der Waals surface area contributed by atoms with Crippen molar-refractivity contribution in [1.29, 1.82) is 0 Å². The second-order valence-electron chi connectivity index (χ2n) is 3.33. The highest BCUT2D eigenvalue weighted by atomic mass is 79.9. The Kier molecular flexibility index (Phi) is 4.89. The van der Waals surface area contributed by atoms with Crippen molar-refractivity contribution in [2.75, 3.05) is 18.9 Å². The van der Waals surface area contributed by atoms with Crippen LogP contribution < -0.4 is 0 Å². The van der Waals surface area contributed by atoms with Crippen molar-refractivity contribution in [3.8, 4) is 0 Å². The van der Waals surface area contributed by atoms with Crippen LogP contribution in [0.4, 0.5) is 5.69 Å². The van der Waals surface area contributed by atoms with Crippen LogP contribution in [0.5, 0.6) is 0 Å². The maximum absolute atomic E-state index is 12.0. The number of carbonyl (C=O) groups excluding carboxylic acids is 1. The number of nitrogens with zero attached hydrogens (tertiary/aromatic N) is 2. The molecular formula is C10H10BrClN2O3. The molecule has 0 aliphatic rings. The Morgan fingerprint density at radius 2 is 2.24 bits per heavy atom. The Hall–Kier alpha value is -1.14. The minimum Gasteiger partial charge on any atom is -0.341 e. The number of carbonyl (C=O) groups is 1. The van der Waals surface area contributed by atoms with E-state index >= 15 is 0 Å². The van der Waals surface area contributed by atoms with Gasteiger partial charge in [0.2, 0.25) is 0 Å². The van der Waals surface area contributed by atoms with Crippen molar-refractivity contribution < 1.29 is 9.72 Å². The molecule has 0 unspecified atom stereocenters. The average Bonchev–Trinajstić information content (AvgIpc) is 2.27. The maximum atomic E-state index is 12.0. The van der Waals surface area contributed by atoms with Crippen molar-refractivity contribution in [2.24, 2.45) is 0 Å². The first-order valence-corrected chi connectivity index (χ1v) is 6.22. The monoisotopic (exact) mass is 320 g/mol. The molecule has 1 rings (SSSR count). The van der Waals surface area contributed by atoms with Gasteiger partial charge in [-0.25, -0.2) is 0 Å². The van der Waals surface area contributed by atoms with E-state index in [1.807, 2.05) is 0 Å². The summed E-state index contributed by atoms with van der Waals surface area (Å²) in [7, 11) is 1.58. The number of hydrogen-bond acceptors (Lipinski definition) is 3. The summed E-state index contributed by atoms with van der Waals surface area (Å²) < 4.78 is 0. The van der Waals surface area contributed by atoms with Crippen LogP contribution >= 0.6 is 27.5 Å². The van der Waals surface area contributed by atoms with Gasteiger partial charge in [0, 0.05) is 30.0 Å². The Morgan fingerprint density at radius 1 is 1.59 bits per heavy atom. The lowest BCUT2D eigenvalue weighted by molar-refractivity contribution is -0.385. The zero-order valence-electron chi connectivity index (χ0n) is 9.02. The van der Waals surface area contributed by atoms with Gasteiger partial charge in [0.05, 0.1) is 4.92 Å². The topological polar surface area (TPSA) is 63.5 Å². The van der Waals surface area contributed by atoms with Crippen molar-refractivity contribution in [2.45, 2.75) is 0 Å². The lowest BCUT2D eigenvalue weighted by Crippen LogP contribution is -2.29. The minimum absolute atomic E-state index is 0.00551. The summed E-state index contributed by atoms with van der Waals surface area (Å²) >= 11 is 8.94. The zero-order valence-corrected chi connectivity index (χ0v) is 11.4. The summed E-state index contributed by atoms with van der Waals surface area (Å²) in [4.78, 5) is 23.6. The molecular weight excluding hydrogens is 311 g/mol. The van der Waals surface area contributed by atoms with E-state index in [0.29, 0.717) is 16.9 Å². The van der Waals surface area contributed by atoms with Gasteiger partial charge < -0.3 is 4.90 Å². The Bertz CT molecular complexity index is 453. The molecule has 1 amide bonds. The first-order valence-electron chi connectivity index (χ1n) is 4.72. The van der Waals surface area contributed by atoms with Gasteiger partial charge in [0.15, 0.2) is 0 Å². The van der Waals surface area contributed by atoms with Crippen LogP contribution in [0.25, 0.3) is 0 Å². The molecule has 0 saturated carbocycles. The average molecular weight is 322 g/mol. The predicted molar refractivity (Wildman–Crippen MR) is 68.9 cm³/mol. The van der Waals surface area contributed by atoms with E-state index in [0.717, 1.165) is 0 Å². The number of nitro benzene ring substituents is 1. The van der Waals surface area contributed by atoms with Gasteiger partial charge in [-0.3, -0.25) is 14.9 Å². The fourth-order valence-electron chi connectivity index (χ4n) is 1.27. The molecule has 0 N–H and O–H groups in total. The van der Waals surface area contributed by atoms with Gasteiger partial charge in [-0.2, -0.15) is 0 Å². The fourth-order valence-corrected chi connectivity index (χ4v) is 1.98. The molecule has 7 heteroatoms. The molecule has 0 aromatic heterocycles. The predicted octanol–water partition coefficient (Wildman–Crippen LogP) is 2.72. The van der Waals surface area contributed by atoms with E-state index < -0.39 is 10.8 Å². The van der Waals surface area contributed by atoms with Crippen LogP contribution in [0.3, 0.4) is 0 Å². The number of alkyl halides is 1. The molecule has 0 bridgehead atoms. The lowest BCUT2D eigenvalue weighted by Gasteiger charge is -2.15. The molecule has 0 fully saturated rings. The number of nitro groups is 1. The normalized spacial score (nSPS) is 10.1. The van der Waals surface area contributed by atoms with E-state index in [-0.39, 0.29) is 11.3 Å². The number of hydrogen-bond donors (Lipinski definition) is 0. The van der Waals surface area contributed by atoms with Crippen LogP contribution in [0.1, 0.15) is 10.4 Å². The molecule has 0 saturated heterocycles. The molecule has 92 valence electrons. The highest BCUT2D eigenvalue weighted by Crippen LogP contribution is 2.23. The van der Waals surface area contributed by atoms with Crippen molar-refractivity contribution in [3.63, 3.8) is 0 Å². The smallest absolute Gasteiger partial charge is 0.282 e. The summed E-state index contributed by atoms with van der Waals surface area (Å²) in [5, 5.41) is 11.7. The molecule has 1 aromatic carbocycles. The lowest BCUT2D eigenvalue weighted by atomic mass is 10.1. The van der Waals surface area contributed by atoms with Crippen molar-refractivity contribution in [1.82, 2.24) is 4.90 Å². The summed E-state index contributed by atoms with van der Waals surface area (Å²) in [6.45, 7) is 0.461. The third kappa shape index (κ3) is 3.41. The largest absolute Gasteiger partial charge is 0.341 e. The molecule has 0 heterocycles. The third-order valence-corrected chi connectivity index (χ3v) is 2.74. The summed E-state index contributed by atoms with van der Waals surface area (Å²) in [6, 6.07) is 3.94. The molecule has 0 aliphatic carbocycles. The highest BCUT2D eigenvalue weighted by molar-refractivity contribution is 9.09. The van der Waals surface area contributed by atoms with Crippen LogP contribution in [0.2, 0.25) is 5.02 Å². The zero-order chi connectivity index (χ0) is 13.0. The van der Waals surface area contributed by atoms with E-state index in [1.165, 1.54) is 23.1 Å². The van der Waals surface area contributed by atoms with Crippen LogP contribution in [0.15, 0.2) is 18.2 Å². The highest BCUT2D eigenvalue weighted by Gasteiger charge is 2.22. The summed E-state index contributed by atoms with van der Waals surface area (Å²) in [6.07, 6.45) is 0. The number of amides is 1. The number of rotatable bonds is 4. The summed E-state index contributed by atoms with van der Waals surface area (Å²) in [5.41, 5.74) is -0.230. The Labute approximate surface area is 112 Å². The first kappa shape index (κ1) is 13.9. The molecule has 0 radical (unpaired) electrons. The Balaban J connectivity index is 3.15. The molecule has 1 aromatic rings. The van der Waals surface area contributed by atoms with Gasteiger partial charge >= 0.3 is 0 Å². The van der Waals surface area contributed by atoms with Gasteiger partial charge in [-0.1, -0.05) is 27.5 Å². The molecule has 17 heavy (non-hydrogen) atoms. The third-order valence-electron chi connectivity index (χ3n) is 2.15. The number of halogens is 2. The quantitative estimate of drug-likeness (QED) is 0.486. The molecule has 5 nitrogen and oxygen atoms in total. The van der Waals surface area contributed by atoms with E-state index in [9.17, 15) is 14.9 Å². The number of benzene rings is 1. The first-order chi connectivity index (χ1) is 7.97. The standard InChI is InChI=1S/C10H10BrClN2O3/c1-13(5-4-11)10(15)8-6-7(12)2-3-9(8)14(16)17/h2-3,6H,4-5H2,1H3. The minimum atomic E-state index is -0.592. The van der Waals surface area contributed by atoms with Crippen molar-refractivity contribution in [3.05, 3.63) is 38.9 Å². The van der Waals surface area contributed by atoms with Crippen LogP contribution in [-0.4, -0.2) is 34.7 Å². The summed E-state index contributed by atoms with van der Waals surface area (Å²) in [5.74, 6) is -0.418. The van der Waals surface area contributed by atoms with Gasteiger partial charge in [0.1, 0.15) is 5.56 Å². The van der Waals surface area contributed by atoms with Gasteiger partial charge in [-0.15, -0.1) is 0 Å². The SMILES string of the molecule is CN(CCBr)C(=O)c1cc(Cl)ccc1[N+](=O)[O-]. The van der Waals surface area contributed by atoms with Gasteiger partial charge in [0.25, 0.3) is 11.6 Å². The molecule has 0 atom stereocenters. The van der Waals surface area contributed by atoms with E-state index in [4.69, 9.17) is 11.6 Å². The molecule has 0 aliphatic heterocycles. The van der Waals surface area contributed by atoms with Gasteiger partial charge in [-0.05, 0) is 12.1 Å². The fraction of sp³-hybridized carbons (Fsp3) is 0.300. The second kappa shape index (κ2) is 5.97. The molecule has 0 spiro atoms. The van der Waals surface area contributed by atoms with E-state index in [2.05, 4.69) is 15.9 Å². The second-order valence-corrected chi connectivity index (χ2v) is 4.56. The van der Waals surface area contributed by atoms with E-state index in [1.54, 1.807) is 7.05 Å². The van der Waals surface area contributed by atoms with Crippen molar-refractivity contribution >= 4 is 39.1 Å². The van der Waals surface area contributed by atoms with Crippen LogP contribution in [-0.2, 0) is 0 Å². The van der Waals surface area contributed by atoms with Crippen LogP contribution in [0, 0.1) is 10.1 Å². The maximum Gasteiger partial charge on any atom is 0.282 e.